The van der Waals surface area contributed by atoms with E-state index in [1.807, 2.05) is 43.3 Å². The molecule has 1 atom stereocenters. The number of hydrogen-bond acceptors (Lipinski definition) is 4. The summed E-state index contributed by atoms with van der Waals surface area (Å²) in [6.45, 7) is 5.32. The number of ether oxygens (including phenoxy) is 1. The number of benzene rings is 1. The van der Waals surface area contributed by atoms with Crippen LogP contribution in [0, 0.1) is 0 Å². The first-order valence-electron chi connectivity index (χ1n) is 7.57. The van der Waals surface area contributed by atoms with Gasteiger partial charge in [0.05, 0.1) is 0 Å². The quantitative estimate of drug-likeness (QED) is 0.783. The van der Waals surface area contributed by atoms with Crippen LogP contribution in [0.3, 0.4) is 0 Å². The Kier molecular flexibility index (Phi) is 6.94. The molecular formula is C17H26N2O3S. The zero-order chi connectivity index (χ0) is 17.6. The van der Waals surface area contributed by atoms with Crippen LogP contribution in [0.2, 0.25) is 0 Å². The second-order valence-corrected chi connectivity index (χ2v) is 7.08. The molecule has 0 fully saturated rings. The van der Waals surface area contributed by atoms with Crippen molar-refractivity contribution in [1.82, 2.24) is 5.32 Å². The van der Waals surface area contributed by atoms with Crippen LogP contribution in [0.1, 0.15) is 32.8 Å². The molecule has 1 rings (SSSR count). The first kappa shape index (κ1) is 19.4. The summed E-state index contributed by atoms with van der Waals surface area (Å²) in [5, 5.41) is 2.20. The van der Waals surface area contributed by atoms with Gasteiger partial charge in [0.15, 0.2) is 0 Å². The highest BCUT2D eigenvalue weighted by molar-refractivity contribution is 7.96. The van der Waals surface area contributed by atoms with Gasteiger partial charge in [0.1, 0.15) is 11.6 Å². The molecule has 0 spiro atoms. The van der Waals surface area contributed by atoms with Gasteiger partial charge in [0, 0.05) is 19.8 Å². The van der Waals surface area contributed by atoms with Crippen LogP contribution in [0.5, 0.6) is 0 Å². The predicted octanol–water partition coefficient (Wildman–Crippen LogP) is 3.03. The van der Waals surface area contributed by atoms with Crippen molar-refractivity contribution in [2.45, 2.75) is 45.3 Å². The third kappa shape index (κ3) is 7.41. The van der Waals surface area contributed by atoms with E-state index < -0.39 is 17.7 Å². The average molecular weight is 338 g/mol. The van der Waals surface area contributed by atoms with Crippen LogP contribution < -0.4 is 10.2 Å². The number of thiol groups is 1. The zero-order valence-corrected chi connectivity index (χ0v) is 15.3. The predicted molar refractivity (Wildman–Crippen MR) is 96.2 cm³/mol. The number of carbonyl (C=O) groups is 2. The first-order valence-corrected chi connectivity index (χ1v) is 8.02. The van der Waals surface area contributed by atoms with Crippen molar-refractivity contribution in [2.24, 2.45) is 0 Å². The van der Waals surface area contributed by atoms with E-state index in [1.165, 1.54) is 0 Å². The molecule has 0 aliphatic rings. The van der Waals surface area contributed by atoms with Gasteiger partial charge >= 0.3 is 6.09 Å². The number of nitrogens with zero attached hydrogens (tertiary/aromatic N) is 1. The van der Waals surface area contributed by atoms with E-state index >= 15 is 0 Å². The first-order chi connectivity index (χ1) is 10.6. The normalized spacial score (nSPS) is 12.4. The van der Waals surface area contributed by atoms with Gasteiger partial charge < -0.3 is 15.0 Å². The lowest BCUT2D eigenvalue weighted by Crippen LogP contribution is -2.42. The second kappa shape index (κ2) is 8.24. The van der Waals surface area contributed by atoms with E-state index in [2.05, 4.69) is 17.9 Å². The topological polar surface area (TPSA) is 58.6 Å². The summed E-state index contributed by atoms with van der Waals surface area (Å²) in [5.41, 5.74) is 1.61. The van der Waals surface area contributed by atoms with Crippen molar-refractivity contribution in [3.8, 4) is 0 Å². The molecule has 0 saturated carbocycles. The summed E-state index contributed by atoms with van der Waals surface area (Å²) in [5.74, 6) is 0. The number of hydrogen-bond donors (Lipinski definition) is 2. The second-order valence-electron chi connectivity index (χ2n) is 6.64. The van der Waals surface area contributed by atoms with Gasteiger partial charge in [-0.05, 0) is 51.3 Å². The van der Waals surface area contributed by atoms with Crippen molar-refractivity contribution in [1.29, 1.82) is 0 Å². The van der Waals surface area contributed by atoms with Crippen LogP contribution in [0.4, 0.5) is 10.5 Å². The lowest BCUT2D eigenvalue weighted by molar-refractivity contribution is -0.112. The van der Waals surface area contributed by atoms with Crippen LogP contribution in [0.25, 0.3) is 0 Å². The molecule has 1 N–H and O–H groups in total. The third-order valence-corrected chi connectivity index (χ3v) is 3.48. The summed E-state index contributed by atoms with van der Waals surface area (Å²) < 4.78 is 5.17. The van der Waals surface area contributed by atoms with Crippen molar-refractivity contribution in [3.05, 3.63) is 29.8 Å². The molecule has 1 aromatic carbocycles. The Morgan fingerprint density at radius 1 is 1.22 bits per heavy atom. The van der Waals surface area contributed by atoms with Crippen LogP contribution in [-0.2, 0) is 16.0 Å². The van der Waals surface area contributed by atoms with E-state index in [1.54, 1.807) is 20.8 Å². The van der Waals surface area contributed by atoms with Gasteiger partial charge in [-0.3, -0.25) is 4.79 Å². The number of anilines is 1. The molecular weight excluding hydrogens is 312 g/mol. The fourth-order valence-electron chi connectivity index (χ4n) is 1.98. The summed E-state index contributed by atoms with van der Waals surface area (Å²) in [7, 11) is 3.96. The Labute approximate surface area is 143 Å². The lowest BCUT2D eigenvalue weighted by atomic mass is 10.1. The highest BCUT2D eigenvalue weighted by Crippen LogP contribution is 2.15. The van der Waals surface area contributed by atoms with E-state index in [0.29, 0.717) is 12.8 Å². The van der Waals surface area contributed by atoms with E-state index in [0.717, 1.165) is 11.3 Å². The van der Waals surface area contributed by atoms with E-state index in [4.69, 9.17) is 4.74 Å². The molecule has 1 amide bonds. The Morgan fingerprint density at radius 3 is 2.22 bits per heavy atom. The van der Waals surface area contributed by atoms with Gasteiger partial charge in [0.25, 0.3) is 0 Å². The molecule has 0 saturated heterocycles. The molecule has 23 heavy (non-hydrogen) atoms. The molecule has 0 aliphatic carbocycles. The number of rotatable bonds is 6. The summed E-state index contributed by atoms with van der Waals surface area (Å²) in [6.07, 6.45) is 0.538. The van der Waals surface area contributed by atoms with Gasteiger partial charge in [-0.1, -0.05) is 12.1 Å². The lowest BCUT2D eigenvalue weighted by Gasteiger charge is -2.22. The van der Waals surface area contributed by atoms with Gasteiger partial charge in [0.2, 0.25) is 5.12 Å². The number of nitrogens with one attached hydrogen (secondary N) is 1. The van der Waals surface area contributed by atoms with Crippen molar-refractivity contribution < 1.29 is 14.3 Å². The summed E-state index contributed by atoms with van der Waals surface area (Å²) >= 11 is 3.85. The number of alkyl carbamates (subject to hydrolysis) is 1. The van der Waals surface area contributed by atoms with Gasteiger partial charge in [-0.15, -0.1) is 12.6 Å². The van der Waals surface area contributed by atoms with Crippen molar-refractivity contribution in [2.75, 3.05) is 19.0 Å². The maximum atomic E-state index is 11.8. The molecule has 5 nitrogen and oxygen atoms in total. The Balaban J connectivity index is 2.59. The van der Waals surface area contributed by atoms with Crippen molar-refractivity contribution in [3.63, 3.8) is 0 Å². The zero-order valence-electron chi connectivity index (χ0n) is 14.4. The van der Waals surface area contributed by atoms with Gasteiger partial charge in [-0.2, -0.15) is 0 Å². The molecule has 128 valence electrons. The molecule has 0 aromatic heterocycles. The minimum absolute atomic E-state index is 0.374. The Hall–Kier alpha value is -1.69. The highest BCUT2D eigenvalue weighted by Gasteiger charge is 2.22. The number of aryl methyl sites for hydroxylation is 1. The molecule has 0 bridgehead atoms. The van der Waals surface area contributed by atoms with Crippen molar-refractivity contribution >= 4 is 29.5 Å². The van der Waals surface area contributed by atoms with Crippen LogP contribution in [0.15, 0.2) is 24.3 Å². The molecule has 1 aromatic rings. The number of carbonyl (C=O) groups excluding carboxylic acids is 2. The smallest absolute Gasteiger partial charge is 0.408 e. The van der Waals surface area contributed by atoms with Crippen LogP contribution >= 0.6 is 12.6 Å². The minimum Gasteiger partial charge on any atom is -0.444 e. The average Bonchev–Trinajstić information content (AvgIpc) is 2.41. The standard InChI is InChI=1S/C17H26N2O3S/c1-17(2,3)22-16(21)18-14(15(20)23)11-8-12-6-9-13(10-7-12)19(4)5/h6-7,9-10,14H,8,11H2,1-5H3,(H,18,21)(H,20,23)/t14-/m0/s1. The van der Waals surface area contributed by atoms with E-state index in [-0.39, 0.29) is 5.12 Å². The Bertz CT molecular complexity index is 536. The van der Waals surface area contributed by atoms with E-state index in [9.17, 15) is 9.59 Å². The third-order valence-electron chi connectivity index (χ3n) is 3.16. The number of amides is 1. The van der Waals surface area contributed by atoms with Gasteiger partial charge in [-0.25, -0.2) is 4.79 Å². The monoisotopic (exact) mass is 338 g/mol. The molecule has 0 radical (unpaired) electrons. The summed E-state index contributed by atoms with van der Waals surface area (Å²) in [4.78, 5) is 25.4. The SMILES string of the molecule is CN(C)c1ccc(CC[C@H](NC(=O)OC(C)(C)C)C(=O)S)cc1. The fourth-order valence-corrected chi connectivity index (χ4v) is 2.17. The molecule has 0 heterocycles. The fraction of sp³-hybridized carbons (Fsp3) is 0.529. The Morgan fingerprint density at radius 2 is 1.78 bits per heavy atom. The molecule has 6 heteroatoms. The minimum atomic E-state index is -0.665. The summed E-state index contributed by atoms with van der Waals surface area (Å²) in [6, 6.07) is 7.41. The molecule has 0 aliphatic heterocycles. The largest absolute Gasteiger partial charge is 0.444 e. The maximum Gasteiger partial charge on any atom is 0.408 e. The maximum absolute atomic E-state index is 11.8. The highest BCUT2D eigenvalue weighted by atomic mass is 32.1. The van der Waals surface area contributed by atoms with Crippen LogP contribution in [-0.4, -0.2) is 36.9 Å². The molecule has 0 unspecified atom stereocenters.